The van der Waals surface area contributed by atoms with Crippen molar-refractivity contribution in [3.8, 4) is 5.75 Å². The second kappa shape index (κ2) is 6.20. The minimum atomic E-state index is -0.702. The first-order chi connectivity index (χ1) is 8.51. The van der Waals surface area contributed by atoms with Gasteiger partial charge >= 0.3 is 11.7 Å². The van der Waals surface area contributed by atoms with Crippen LogP contribution in [0.5, 0.6) is 5.75 Å². The largest absolute Gasteiger partial charge is 0.487 e. The highest BCUT2D eigenvalue weighted by molar-refractivity contribution is 6.31. The van der Waals surface area contributed by atoms with E-state index in [1.807, 2.05) is 0 Å². The Morgan fingerprint density at radius 3 is 2.56 bits per heavy atom. The van der Waals surface area contributed by atoms with Crippen LogP contribution < -0.4 is 4.74 Å². The molecule has 0 saturated carbocycles. The zero-order chi connectivity index (χ0) is 13.7. The van der Waals surface area contributed by atoms with E-state index in [0.717, 1.165) is 6.07 Å². The summed E-state index contributed by atoms with van der Waals surface area (Å²) in [5.74, 6) is -0.822. The number of carbonyl (C=O) groups is 1. The zero-order valence-electron chi connectivity index (χ0n) is 9.94. The van der Waals surface area contributed by atoms with Crippen LogP contribution in [-0.4, -0.2) is 24.1 Å². The summed E-state index contributed by atoms with van der Waals surface area (Å²) in [6.07, 6.45) is 0. The van der Waals surface area contributed by atoms with Crippen LogP contribution in [0.15, 0.2) is 12.1 Å². The van der Waals surface area contributed by atoms with Crippen molar-refractivity contribution in [1.82, 2.24) is 0 Å². The molecule has 0 heterocycles. The molecule has 0 radical (unpaired) electrons. The van der Waals surface area contributed by atoms with Crippen molar-refractivity contribution in [2.45, 2.75) is 13.8 Å². The minimum absolute atomic E-state index is 0.0436. The van der Waals surface area contributed by atoms with E-state index in [1.165, 1.54) is 6.07 Å². The molecule has 18 heavy (non-hydrogen) atoms. The van der Waals surface area contributed by atoms with Gasteiger partial charge in [0.2, 0.25) is 5.75 Å². The van der Waals surface area contributed by atoms with E-state index < -0.39 is 10.9 Å². The van der Waals surface area contributed by atoms with Crippen molar-refractivity contribution in [1.29, 1.82) is 0 Å². The smallest absolute Gasteiger partial charge is 0.342 e. The Labute approximate surface area is 109 Å². The topological polar surface area (TPSA) is 78.7 Å². The molecule has 0 aliphatic carbocycles. The van der Waals surface area contributed by atoms with E-state index in [2.05, 4.69) is 0 Å². The van der Waals surface area contributed by atoms with Crippen molar-refractivity contribution in [2.75, 3.05) is 13.2 Å². The molecule has 0 unspecified atom stereocenters. The van der Waals surface area contributed by atoms with E-state index in [4.69, 9.17) is 21.1 Å². The van der Waals surface area contributed by atoms with Crippen LogP contribution in [0.25, 0.3) is 0 Å². The Kier molecular flexibility index (Phi) is 4.91. The quantitative estimate of drug-likeness (QED) is 0.468. The Hall–Kier alpha value is -1.82. The fourth-order valence-electron chi connectivity index (χ4n) is 1.37. The van der Waals surface area contributed by atoms with E-state index in [-0.39, 0.29) is 35.2 Å². The number of nitro benzene ring substituents is 1. The van der Waals surface area contributed by atoms with E-state index in [0.29, 0.717) is 0 Å². The predicted octanol–water partition coefficient (Wildman–Crippen LogP) is 2.82. The molecule has 0 atom stereocenters. The first kappa shape index (κ1) is 14.2. The monoisotopic (exact) mass is 273 g/mol. The Balaban J connectivity index is 3.37. The summed E-state index contributed by atoms with van der Waals surface area (Å²) in [6.45, 7) is 3.64. The van der Waals surface area contributed by atoms with Crippen LogP contribution in [0.3, 0.4) is 0 Å². The predicted molar refractivity (Wildman–Crippen MR) is 65.2 cm³/mol. The molecule has 98 valence electrons. The number of halogens is 1. The normalized spacial score (nSPS) is 9.94. The Morgan fingerprint density at radius 1 is 1.39 bits per heavy atom. The number of hydrogen-bond acceptors (Lipinski definition) is 5. The van der Waals surface area contributed by atoms with E-state index in [1.54, 1.807) is 13.8 Å². The number of benzene rings is 1. The Morgan fingerprint density at radius 2 is 2.06 bits per heavy atom. The molecule has 0 spiro atoms. The molecule has 7 heteroatoms. The molecule has 1 rings (SSSR count). The minimum Gasteiger partial charge on any atom is -0.487 e. The van der Waals surface area contributed by atoms with Gasteiger partial charge in [-0.15, -0.1) is 0 Å². The molecular weight excluding hydrogens is 262 g/mol. The average Bonchev–Trinajstić information content (AvgIpc) is 2.31. The number of esters is 1. The van der Waals surface area contributed by atoms with E-state index >= 15 is 0 Å². The maximum absolute atomic E-state index is 11.7. The van der Waals surface area contributed by atoms with Crippen LogP contribution in [0.1, 0.15) is 24.2 Å². The SMILES string of the molecule is CCOC(=O)c1cc(Cl)cc([N+](=O)[O-])c1OCC. The lowest BCUT2D eigenvalue weighted by Crippen LogP contribution is -2.09. The highest BCUT2D eigenvalue weighted by atomic mass is 35.5. The number of nitro groups is 1. The van der Waals surface area contributed by atoms with Gasteiger partial charge in [-0.05, 0) is 19.9 Å². The summed E-state index contributed by atoms with van der Waals surface area (Å²) in [7, 11) is 0. The van der Waals surface area contributed by atoms with Gasteiger partial charge in [0, 0.05) is 11.1 Å². The number of rotatable bonds is 5. The molecule has 0 saturated heterocycles. The van der Waals surface area contributed by atoms with Gasteiger partial charge in [0.1, 0.15) is 5.56 Å². The van der Waals surface area contributed by atoms with Crippen molar-refractivity contribution in [2.24, 2.45) is 0 Å². The molecule has 0 amide bonds. The van der Waals surface area contributed by atoms with Crippen LogP contribution in [0.2, 0.25) is 5.02 Å². The third kappa shape index (κ3) is 3.10. The van der Waals surface area contributed by atoms with Gasteiger partial charge < -0.3 is 9.47 Å². The molecule has 0 fully saturated rings. The summed E-state index contributed by atoms with van der Waals surface area (Å²) in [5, 5.41) is 11.0. The van der Waals surface area contributed by atoms with Crippen molar-refractivity contribution >= 4 is 23.3 Å². The lowest BCUT2D eigenvalue weighted by molar-refractivity contribution is -0.385. The molecule has 1 aromatic rings. The van der Waals surface area contributed by atoms with Gasteiger partial charge in [-0.2, -0.15) is 0 Å². The molecule has 0 aliphatic heterocycles. The molecule has 0 bridgehead atoms. The first-order valence-electron chi connectivity index (χ1n) is 5.29. The number of nitrogens with zero attached hydrogens (tertiary/aromatic N) is 1. The van der Waals surface area contributed by atoms with Crippen LogP contribution in [0.4, 0.5) is 5.69 Å². The molecular formula is C11H12ClNO5. The Bertz CT molecular complexity index is 475. The fraction of sp³-hybridized carbons (Fsp3) is 0.364. The molecule has 0 aromatic heterocycles. The number of ether oxygens (including phenoxy) is 2. The van der Waals surface area contributed by atoms with Gasteiger partial charge in [-0.1, -0.05) is 11.6 Å². The van der Waals surface area contributed by atoms with Crippen LogP contribution in [0, 0.1) is 10.1 Å². The van der Waals surface area contributed by atoms with Crippen molar-refractivity contribution < 1.29 is 19.2 Å². The molecule has 6 nitrogen and oxygen atoms in total. The van der Waals surface area contributed by atoms with Crippen LogP contribution >= 0.6 is 11.6 Å². The van der Waals surface area contributed by atoms with Gasteiger partial charge in [0.25, 0.3) is 0 Å². The molecule has 0 aliphatic rings. The highest BCUT2D eigenvalue weighted by Crippen LogP contribution is 2.34. The molecule has 1 aromatic carbocycles. The maximum atomic E-state index is 11.7. The summed E-state index contributed by atoms with van der Waals surface area (Å²) in [6, 6.07) is 2.42. The second-order valence-electron chi connectivity index (χ2n) is 3.21. The third-order valence-electron chi connectivity index (χ3n) is 2.01. The van der Waals surface area contributed by atoms with E-state index in [9.17, 15) is 14.9 Å². The lowest BCUT2D eigenvalue weighted by atomic mass is 10.1. The fourth-order valence-corrected chi connectivity index (χ4v) is 1.58. The first-order valence-corrected chi connectivity index (χ1v) is 5.66. The van der Waals surface area contributed by atoms with Crippen molar-refractivity contribution in [3.63, 3.8) is 0 Å². The standard InChI is InChI=1S/C11H12ClNO5/c1-3-17-10-8(11(14)18-4-2)5-7(12)6-9(10)13(15)16/h5-6H,3-4H2,1-2H3. The second-order valence-corrected chi connectivity index (χ2v) is 3.65. The van der Waals surface area contributed by atoms with Gasteiger partial charge in [0.15, 0.2) is 0 Å². The summed E-state index contributed by atoms with van der Waals surface area (Å²) >= 11 is 5.74. The highest BCUT2D eigenvalue weighted by Gasteiger charge is 2.25. The van der Waals surface area contributed by atoms with Gasteiger partial charge in [0.05, 0.1) is 18.1 Å². The number of carbonyl (C=O) groups excluding carboxylic acids is 1. The number of hydrogen-bond donors (Lipinski definition) is 0. The summed E-state index contributed by atoms with van der Waals surface area (Å²) < 4.78 is 9.96. The average molecular weight is 274 g/mol. The zero-order valence-corrected chi connectivity index (χ0v) is 10.7. The summed E-state index contributed by atoms with van der Waals surface area (Å²) in [4.78, 5) is 21.9. The van der Waals surface area contributed by atoms with Crippen molar-refractivity contribution in [3.05, 3.63) is 32.8 Å². The molecule has 0 N–H and O–H groups in total. The van der Waals surface area contributed by atoms with Gasteiger partial charge in [-0.3, -0.25) is 10.1 Å². The summed E-state index contributed by atoms with van der Waals surface area (Å²) in [5.41, 5.74) is -0.398. The lowest BCUT2D eigenvalue weighted by Gasteiger charge is -2.10. The maximum Gasteiger partial charge on any atom is 0.342 e. The third-order valence-corrected chi connectivity index (χ3v) is 2.23. The van der Waals surface area contributed by atoms with Gasteiger partial charge in [-0.25, -0.2) is 4.79 Å². The van der Waals surface area contributed by atoms with Crippen LogP contribution in [-0.2, 0) is 4.74 Å².